The van der Waals surface area contributed by atoms with Crippen LogP contribution in [0.3, 0.4) is 0 Å². The van der Waals surface area contributed by atoms with E-state index in [2.05, 4.69) is 32.8 Å². The Labute approximate surface area is 222 Å². The van der Waals surface area contributed by atoms with E-state index in [1.54, 1.807) is 0 Å². The van der Waals surface area contributed by atoms with Gasteiger partial charge in [-0.05, 0) is 70.8 Å². The molecule has 1 saturated heterocycles. The van der Waals surface area contributed by atoms with Gasteiger partial charge in [0.1, 0.15) is 0 Å². The second-order valence-corrected chi connectivity index (χ2v) is 11.6. The van der Waals surface area contributed by atoms with Gasteiger partial charge in [0.05, 0.1) is 11.7 Å². The molecule has 5 rings (SSSR count). The number of amides is 1. The molecule has 198 valence electrons. The third-order valence-corrected chi connectivity index (χ3v) is 9.30. The molecule has 2 aliphatic rings. The molecule has 2 fully saturated rings. The van der Waals surface area contributed by atoms with Gasteiger partial charge in [-0.1, -0.05) is 18.2 Å². The first kappa shape index (κ1) is 26.1. The number of aromatic nitrogens is 2. The summed E-state index contributed by atoms with van der Waals surface area (Å²) >= 11 is 1.52. The molecule has 3 N–H and O–H groups in total. The molecule has 1 aromatic carbocycles. The highest BCUT2D eigenvalue weighted by Gasteiger charge is 2.35. The largest absolute Gasteiger partial charge is 0.390 e. The fraction of sp³-hybridized carbons (Fsp3) is 0.517. The van der Waals surface area contributed by atoms with E-state index in [0.717, 1.165) is 66.0 Å². The maximum Gasteiger partial charge on any atom is 0.254 e. The van der Waals surface area contributed by atoms with Crippen molar-refractivity contribution in [2.24, 2.45) is 5.92 Å². The number of aliphatic hydroxyl groups is 1. The Balaban J connectivity index is 1.37. The van der Waals surface area contributed by atoms with Crippen LogP contribution >= 0.6 is 11.8 Å². The third-order valence-electron chi connectivity index (χ3n) is 8.50. The summed E-state index contributed by atoms with van der Waals surface area (Å²) < 4.78 is 2.36. The Hall–Kier alpha value is -2.55. The molecule has 1 aliphatic carbocycles. The Morgan fingerprint density at radius 3 is 2.57 bits per heavy atom. The van der Waals surface area contributed by atoms with Gasteiger partial charge in [-0.3, -0.25) is 14.5 Å². The number of pyridine rings is 1. The predicted octanol–water partition coefficient (Wildman–Crippen LogP) is 4.39. The van der Waals surface area contributed by atoms with Crippen molar-refractivity contribution < 1.29 is 9.90 Å². The number of H-pyrrole nitrogens is 1. The fourth-order valence-corrected chi connectivity index (χ4v) is 7.15. The SMILES string of the molecule is CSc1cc(C)[nH]c(=O)c1CNC(=O)c1c(C)n(C(C)C2CCC(N3CC(O)C3)CC2)c2ccccc12. The molecule has 8 heteroatoms. The number of thioether (sulfide) groups is 1. The number of hydrogen-bond acceptors (Lipinski definition) is 5. The molecule has 1 saturated carbocycles. The lowest BCUT2D eigenvalue weighted by molar-refractivity contribution is -0.0380. The van der Waals surface area contributed by atoms with E-state index in [0.29, 0.717) is 23.1 Å². The molecule has 0 bridgehead atoms. The number of benzene rings is 1. The predicted molar refractivity (Wildman–Crippen MR) is 149 cm³/mol. The van der Waals surface area contributed by atoms with Gasteiger partial charge in [0.25, 0.3) is 11.5 Å². The van der Waals surface area contributed by atoms with Crippen molar-refractivity contribution in [2.75, 3.05) is 19.3 Å². The maximum absolute atomic E-state index is 13.6. The van der Waals surface area contributed by atoms with Crippen LogP contribution in [0.1, 0.15) is 66.0 Å². The van der Waals surface area contributed by atoms with Crippen LogP contribution in [0.2, 0.25) is 0 Å². The number of nitrogens with zero attached hydrogens (tertiary/aromatic N) is 2. The number of para-hydroxylation sites is 1. The number of aryl methyl sites for hydroxylation is 1. The zero-order valence-corrected chi connectivity index (χ0v) is 23.0. The molecule has 1 amide bonds. The number of aliphatic hydroxyl groups excluding tert-OH is 1. The molecule has 1 aliphatic heterocycles. The zero-order valence-electron chi connectivity index (χ0n) is 22.2. The Morgan fingerprint density at radius 1 is 1.19 bits per heavy atom. The van der Waals surface area contributed by atoms with Crippen molar-refractivity contribution in [3.05, 3.63) is 63.2 Å². The molecule has 1 unspecified atom stereocenters. The van der Waals surface area contributed by atoms with Crippen LogP contribution in [0.4, 0.5) is 0 Å². The minimum Gasteiger partial charge on any atom is -0.390 e. The molecule has 0 radical (unpaired) electrons. The summed E-state index contributed by atoms with van der Waals surface area (Å²) in [4.78, 5) is 32.3. The van der Waals surface area contributed by atoms with Gasteiger partial charge < -0.3 is 20.0 Å². The second kappa shape index (κ2) is 10.7. The molecule has 7 nitrogen and oxygen atoms in total. The van der Waals surface area contributed by atoms with E-state index in [1.165, 1.54) is 11.8 Å². The second-order valence-electron chi connectivity index (χ2n) is 10.8. The Morgan fingerprint density at radius 2 is 1.89 bits per heavy atom. The molecular formula is C29H38N4O3S. The topological polar surface area (TPSA) is 90.4 Å². The van der Waals surface area contributed by atoms with E-state index in [-0.39, 0.29) is 30.2 Å². The van der Waals surface area contributed by atoms with Crippen molar-refractivity contribution in [2.45, 2.75) is 76.1 Å². The zero-order chi connectivity index (χ0) is 26.3. The highest BCUT2D eigenvalue weighted by atomic mass is 32.2. The number of β-amino-alcohol motifs (C(OH)–C–C–N with tert-alkyl or cyclic N) is 1. The number of carbonyl (C=O) groups is 1. The monoisotopic (exact) mass is 522 g/mol. The van der Waals surface area contributed by atoms with Crippen molar-refractivity contribution in [3.63, 3.8) is 0 Å². The number of aromatic amines is 1. The van der Waals surface area contributed by atoms with Crippen LogP contribution in [-0.4, -0.2) is 57.0 Å². The van der Waals surface area contributed by atoms with E-state index in [1.807, 2.05) is 44.4 Å². The fourth-order valence-electron chi connectivity index (χ4n) is 6.44. The van der Waals surface area contributed by atoms with E-state index >= 15 is 0 Å². The summed E-state index contributed by atoms with van der Waals surface area (Å²) in [6.45, 7) is 8.02. The van der Waals surface area contributed by atoms with Crippen LogP contribution in [-0.2, 0) is 6.54 Å². The van der Waals surface area contributed by atoms with E-state index < -0.39 is 0 Å². The van der Waals surface area contributed by atoms with Gasteiger partial charge >= 0.3 is 0 Å². The quantitative estimate of drug-likeness (QED) is 0.401. The summed E-state index contributed by atoms with van der Waals surface area (Å²) in [7, 11) is 0. The summed E-state index contributed by atoms with van der Waals surface area (Å²) in [6, 6.07) is 11.0. The van der Waals surface area contributed by atoms with Gasteiger partial charge in [-0.25, -0.2) is 0 Å². The van der Waals surface area contributed by atoms with Crippen LogP contribution < -0.4 is 10.9 Å². The van der Waals surface area contributed by atoms with Gasteiger partial charge in [0.15, 0.2) is 0 Å². The molecular weight excluding hydrogens is 484 g/mol. The smallest absolute Gasteiger partial charge is 0.254 e. The lowest BCUT2D eigenvalue weighted by Crippen LogP contribution is -2.56. The standard InChI is InChI=1S/C29H38N4O3S/c1-17-13-26(37-4)24(28(35)31-17)14-30-29(36)27-19(3)33(25-8-6-5-7-23(25)27)18(2)20-9-11-21(12-10-20)32-15-22(34)16-32/h5-8,13,18,20-22,34H,9-12,14-16H2,1-4H3,(H,30,36)(H,31,35). The molecule has 3 aromatic rings. The van der Waals surface area contributed by atoms with Crippen LogP contribution in [0.15, 0.2) is 40.0 Å². The first-order chi connectivity index (χ1) is 17.8. The number of carbonyl (C=O) groups excluding carboxylic acids is 1. The lowest BCUT2D eigenvalue weighted by atomic mass is 9.80. The average Bonchev–Trinajstić information content (AvgIpc) is 3.17. The number of likely N-dealkylation sites (tertiary alicyclic amines) is 1. The van der Waals surface area contributed by atoms with Crippen molar-refractivity contribution >= 4 is 28.6 Å². The molecule has 2 aromatic heterocycles. The lowest BCUT2D eigenvalue weighted by Gasteiger charge is -2.45. The van der Waals surface area contributed by atoms with Crippen molar-refractivity contribution in [1.29, 1.82) is 0 Å². The molecule has 0 spiro atoms. The van der Waals surface area contributed by atoms with Crippen LogP contribution in [0.25, 0.3) is 10.9 Å². The number of fused-ring (bicyclic) bond motifs is 1. The number of rotatable bonds is 7. The average molecular weight is 523 g/mol. The Bertz CT molecular complexity index is 1350. The number of hydrogen-bond donors (Lipinski definition) is 3. The van der Waals surface area contributed by atoms with Gasteiger partial charge in [-0.15, -0.1) is 11.8 Å². The van der Waals surface area contributed by atoms with Gasteiger partial charge in [0, 0.05) is 64.5 Å². The first-order valence-corrected chi connectivity index (χ1v) is 14.6. The molecule has 1 atom stereocenters. The summed E-state index contributed by atoms with van der Waals surface area (Å²) in [5, 5.41) is 13.7. The summed E-state index contributed by atoms with van der Waals surface area (Å²) in [5.41, 5.74) is 4.01. The minimum absolute atomic E-state index is 0.146. The first-order valence-electron chi connectivity index (χ1n) is 13.3. The summed E-state index contributed by atoms with van der Waals surface area (Å²) in [6.07, 6.45) is 6.43. The van der Waals surface area contributed by atoms with Gasteiger partial charge in [0.2, 0.25) is 0 Å². The third kappa shape index (κ3) is 4.99. The maximum atomic E-state index is 13.6. The van der Waals surface area contributed by atoms with Gasteiger partial charge in [-0.2, -0.15) is 0 Å². The summed E-state index contributed by atoms with van der Waals surface area (Å²) in [5.74, 6) is 0.398. The van der Waals surface area contributed by atoms with E-state index in [9.17, 15) is 14.7 Å². The van der Waals surface area contributed by atoms with E-state index in [4.69, 9.17) is 0 Å². The Kier molecular flexibility index (Phi) is 7.52. The van der Waals surface area contributed by atoms with Crippen LogP contribution in [0, 0.1) is 19.8 Å². The highest BCUT2D eigenvalue weighted by Crippen LogP contribution is 2.39. The van der Waals surface area contributed by atoms with Crippen molar-refractivity contribution in [3.8, 4) is 0 Å². The normalized spacial score (nSPS) is 21.6. The minimum atomic E-state index is -0.152. The highest BCUT2D eigenvalue weighted by molar-refractivity contribution is 7.98. The van der Waals surface area contributed by atoms with Crippen molar-refractivity contribution in [1.82, 2.24) is 19.8 Å². The van der Waals surface area contributed by atoms with Crippen LogP contribution in [0.5, 0.6) is 0 Å². The molecule has 37 heavy (non-hydrogen) atoms. The molecule has 3 heterocycles. The number of nitrogens with one attached hydrogen (secondary N) is 2.